The lowest BCUT2D eigenvalue weighted by molar-refractivity contribution is -0.137. The molecule has 1 heterocycles. The monoisotopic (exact) mass is 394 g/mol. The molecule has 0 radical (unpaired) electrons. The van der Waals surface area contributed by atoms with Gasteiger partial charge in [-0.1, -0.05) is 37.5 Å². The number of carbonyl (C=O) groups excluding carboxylic acids is 1. The largest absolute Gasteiger partial charge is 0.416 e. The predicted octanol–water partition coefficient (Wildman–Crippen LogP) is 4.61. The van der Waals surface area contributed by atoms with Crippen LogP contribution in [-0.2, 0) is 17.5 Å². The van der Waals surface area contributed by atoms with E-state index in [0.29, 0.717) is 23.9 Å². The molecular weight excluding hydrogens is 365 g/mol. The maximum absolute atomic E-state index is 12.9. The second kappa shape index (κ2) is 8.05. The van der Waals surface area contributed by atoms with Crippen LogP contribution in [0, 0.1) is 17.8 Å². The van der Waals surface area contributed by atoms with Crippen LogP contribution in [0.4, 0.5) is 13.2 Å². The van der Waals surface area contributed by atoms with Gasteiger partial charge < -0.3 is 5.32 Å². The van der Waals surface area contributed by atoms with Crippen molar-refractivity contribution >= 4 is 5.91 Å². The number of amides is 1. The molecule has 1 saturated heterocycles. The van der Waals surface area contributed by atoms with Crippen molar-refractivity contribution < 1.29 is 18.0 Å². The van der Waals surface area contributed by atoms with Gasteiger partial charge in [0.15, 0.2) is 0 Å². The van der Waals surface area contributed by atoms with Crippen LogP contribution in [0.5, 0.6) is 0 Å². The van der Waals surface area contributed by atoms with Gasteiger partial charge in [0.25, 0.3) is 0 Å². The van der Waals surface area contributed by atoms with E-state index < -0.39 is 11.7 Å². The molecule has 0 spiro atoms. The summed E-state index contributed by atoms with van der Waals surface area (Å²) in [4.78, 5) is 14.9. The molecule has 3 fully saturated rings. The summed E-state index contributed by atoms with van der Waals surface area (Å²) in [6, 6.07) is 5.87. The molecule has 4 rings (SSSR count). The quantitative estimate of drug-likeness (QED) is 0.809. The van der Waals surface area contributed by atoms with Gasteiger partial charge in [-0.3, -0.25) is 9.69 Å². The Hall–Kier alpha value is -1.56. The van der Waals surface area contributed by atoms with Crippen LogP contribution < -0.4 is 5.32 Å². The zero-order valence-corrected chi connectivity index (χ0v) is 16.2. The van der Waals surface area contributed by atoms with Gasteiger partial charge in [0, 0.05) is 31.6 Å². The fourth-order valence-electron chi connectivity index (χ4n) is 5.44. The van der Waals surface area contributed by atoms with Crippen molar-refractivity contribution in [3.8, 4) is 0 Å². The molecule has 1 N–H and O–H groups in total. The number of nitrogens with zero attached hydrogens (tertiary/aromatic N) is 1. The highest BCUT2D eigenvalue weighted by molar-refractivity contribution is 5.79. The molecule has 6 heteroatoms. The molecule has 2 saturated carbocycles. The Morgan fingerprint density at radius 1 is 1.07 bits per heavy atom. The fourth-order valence-corrected chi connectivity index (χ4v) is 5.44. The summed E-state index contributed by atoms with van der Waals surface area (Å²) >= 11 is 0. The van der Waals surface area contributed by atoms with Crippen molar-refractivity contribution in [2.24, 2.45) is 17.8 Å². The molecule has 3 nitrogen and oxygen atoms in total. The Morgan fingerprint density at radius 2 is 1.86 bits per heavy atom. The second-order valence-corrected chi connectivity index (χ2v) is 8.84. The number of nitrogens with one attached hydrogen (secondary N) is 1. The number of alkyl halides is 3. The number of halogens is 3. The Labute approximate surface area is 164 Å². The molecule has 2 aliphatic carbocycles. The molecule has 1 aliphatic heterocycles. The molecule has 0 unspecified atom stereocenters. The van der Waals surface area contributed by atoms with Crippen molar-refractivity contribution in [3.05, 3.63) is 35.4 Å². The highest BCUT2D eigenvalue weighted by Gasteiger charge is 2.43. The van der Waals surface area contributed by atoms with Crippen LogP contribution in [-0.4, -0.2) is 29.9 Å². The minimum Gasteiger partial charge on any atom is -0.353 e. The Kier molecular flexibility index (Phi) is 5.68. The highest BCUT2D eigenvalue weighted by atomic mass is 19.4. The van der Waals surface area contributed by atoms with Crippen LogP contribution >= 0.6 is 0 Å². The lowest BCUT2D eigenvalue weighted by Crippen LogP contribution is -2.43. The maximum atomic E-state index is 12.9. The summed E-state index contributed by atoms with van der Waals surface area (Å²) in [5.41, 5.74) is 0.125. The van der Waals surface area contributed by atoms with Crippen molar-refractivity contribution in [1.29, 1.82) is 0 Å². The molecule has 28 heavy (non-hydrogen) atoms. The Morgan fingerprint density at radius 3 is 2.61 bits per heavy atom. The molecular formula is C22H29F3N2O. The lowest BCUT2D eigenvalue weighted by Gasteiger charge is -2.26. The first-order chi connectivity index (χ1) is 13.4. The zero-order chi connectivity index (χ0) is 19.7. The number of likely N-dealkylation sites (tertiary alicyclic amines) is 1. The number of rotatable bonds is 4. The van der Waals surface area contributed by atoms with Crippen LogP contribution in [0.3, 0.4) is 0 Å². The van der Waals surface area contributed by atoms with Crippen LogP contribution in [0.2, 0.25) is 0 Å². The number of hydrogen-bond acceptors (Lipinski definition) is 2. The molecule has 3 aliphatic rings. The van der Waals surface area contributed by atoms with E-state index in [0.717, 1.165) is 57.7 Å². The SMILES string of the molecule is O=C(N[C@@H]1CC[C@@H]2CN(Cc3cccc(C(F)(F)F)c3)C[C@H]21)C1CCCCC1. The standard InChI is InChI=1S/C22H29F3N2O/c23-22(24,25)18-8-4-5-15(11-18)12-27-13-17-9-10-20(19(17)14-27)26-21(28)16-6-2-1-3-7-16/h4-5,8,11,16-17,19-20H,1-3,6-7,9-10,12-14H2,(H,26,28)/t17-,19-,20-/m1/s1. The average Bonchev–Trinajstić information content (AvgIpc) is 3.23. The summed E-state index contributed by atoms with van der Waals surface area (Å²) in [6.45, 7) is 2.31. The summed E-state index contributed by atoms with van der Waals surface area (Å²) < 4.78 is 38.8. The van der Waals surface area contributed by atoms with E-state index in [-0.39, 0.29) is 17.9 Å². The average molecular weight is 394 g/mol. The molecule has 0 bridgehead atoms. The zero-order valence-electron chi connectivity index (χ0n) is 16.2. The summed E-state index contributed by atoms with van der Waals surface area (Å²) in [6.07, 6.45) is 3.39. The van der Waals surface area contributed by atoms with Crippen LogP contribution in [0.25, 0.3) is 0 Å². The van der Waals surface area contributed by atoms with Crippen molar-refractivity contribution in [1.82, 2.24) is 10.2 Å². The number of carbonyl (C=O) groups is 1. The molecule has 3 atom stereocenters. The second-order valence-electron chi connectivity index (χ2n) is 8.84. The molecule has 1 amide bonds. The maximum Gasteiger partial charge on any atom is 0.416 e. The molecule has 1 aromatic carbocycles. The normalized spacial score (nSPS) is 29.0. The van der Waals surface area contributed by atoms with Gasteiger partial charge in [-0.25, -0.2) is 0 Å². The summed E-state index contributed by atoms with van der Waals surface area (Å²) in [5, 5.41) is 3.32. The number of fused-ring (bicyclic) bond motifs is 1. The van der Waals surface area contributed by atoms with Gasteiger partial charge in [0.2, 0.25) is 5.91 Å². The van der Waals surface area contributed by atoms with Crippen molar-refractivity contribution in [2.45, 2.75) is 63.7 Å². The molecule has 0 aromatic heterocycles. The van der Waals surface area contributed by atoms with Gasteiger partial charge >= 0.3 is 6.18 Å². The fraction of sp³-hybridized carbons (Fsp3) is 0.682. The van der Waals surface area contributed by atoms with Crippen molar-refractivity contribution in [3.63, 3.8) is 0 Å². The first kappa shape index (κ1) is 19.7. The number of hydrogen-bond donors (Lipinski definition) is 1. The van der Waals surface area contributed by atoms with Gasteiger partial charge in [-0.15, -0.1) is 0 Å². The van der Waals surface area contributed by atoms with E-state index in [2.05, 4.69) is 10.2 Å². The Balaban J connectivity index is 1.34. The third-order valence-corrected chi connectivity index (χ3v) is 6.90. The summed E-state index contributed by atoms with van der Waals surface area (Å²) in [7, 11) is 0. The van der Waals surface area contributed by atoms with Gasteiger partial charge in [0.1, 0.15) is 0 Å². The van der Waals surface area contributed by atoms with E-state index >= 15 is 0 Å². The molecule has 1 aromatic rings. The lowest BCUT2D eigenvalue weighted by atomic mass is 9.88. The van der Waals surface area contributed by atoms with E-state index in [1.807, 2.05) is 0 Å². The topological polar surface area (TPSA) is 32.3 Å². The van der Waals surface area contributed by atoms with Gasteiger partial charge in [0.05, 0.1) is 5.56 Å². The van der Waals surface area contributed by atoms with Crippen molar-refractivity contribution in [2.75, 3.05) is 13.1 Å². The van der Waals surface area contributed by atoms with E-state index in [1.165, 1.54) is 18.6 Å². The smallest absolute Gasteiger partial charge is 0.353 e. The predicted molar refractivity (Wildman–Crippen MR) is 101 cm³/mol. The number of benzene rings is 1. The highest BCUT2D eigenvalue weighted by Crippen LogP contribution is 2.39. The first-order valence-electron chi connectivity index (χ1n) is 10.6. The van der Waals surface area contributed by atoms with E-state index in [4.69, 9.17) is 0 Å². The van der Waals surface area contributed by atoms with Crippen LogP contribution in [0.1, 0.15) is 56.1 Å². The first-order valence-corrected chi connectivity index (χ1v) is 10.6. The third-order valence-electron chi connectivity index (χ3n) is 6.90. The summed E-state index contributed by atoms with van der Waals surface area (Å²) in [5.74, 6) is 1.37. The van der Waals surface area contributed by atoms with Gasteiger partial charge in [-0.2, -0.15) is 13.2 Å². The van der Waals surface area contributed by atoms with Crippen LogP contribution in [0.15, 0.2) is 24.3 Å². The minimum atomic E-state index is -4.30. The Bertz CT molecular complexity index is 699. The van der Waals surface area contributed by atoms with E-state index in [1.54, 1.807) is 6.07 Å². The minimum absolute atomic E-state index is 0.176. The van der Waals surface area contributed by atoms with Gasteiger partial charge in [-0.05, 0) is 49.1 Å². The third kappa shape index (κ3) is 4.37. The molecule has 154 valence electrons. The van der Waals surface area contributed by atoms with E-state index in [9.17, 15) is 18.0 Å².